The van der Waals surface area contributed by atoms with Gasteiger partial charge < -0.3 is 24.6 Å². The van der Waals surface area contributed by atoms with Gasteiger partial charge in [0.25, 0.3) is 5.91 Å². The number of hydrogen-bond acceptors (Lipinski definition) is 6. The van der Waals surface area contributed by atoms with Crippen molar-refractivity contribution in [3.8, 4) is 11.5 Å². The van der Waals surface area contributed by atoms with E-state index in [9.17, 15) is 9.59 Å². The van der Waals surface area contributed by atoms with Gasteiger partial charge in [0.05, 0.1) is 0 Å². The van der Waals surface area contributed by atoms with E-state index in [1.165, 1.54) is 0 Å². The van der Waals surface area contributed by atoms with Gasteiger partial charge in [-0.05, 0) is 61.1 Å². The number of piperazine rings is 1. The fourth-order valence-electron chi connectivity index (χ4n) is 3.72. The molecule has 4 rings (SSSR count). The second kappa shape index (κ2) is 9.86. The molecule has 168 valence electrons. The molecule has 0 bridgehead atoms. The van der Waals surface area contributed by atoms with E-state index in [0.717, 1.165) is 44.0 Å². The number of benzene rings is 2. The number of carbonyl (C=O) groups is 2. The summed E-state index contributed by atoms with van der Waals surface area (Å²) in [7, 11) is 0. The summed E-state index contributed by atoms with van der Waals surface area (Å²) < 4.78 is 10.6. The summed E-state index contributed by atoms with van der Waals surface area (Å²) in [5, 5.41) is 5.92. The largest absolute Gasteiger partial charge is 0.454 e. The number of ether oxygens (including phenoxy) is 2. The Morgan fingerprint density at radius 3 is 2.44 bits per heavy atom. The van der Waals surface area contributed by atoms with Crippen LogP contribution in [0.3, 0.4) is 0 Å². The van der Waals surface area contributed by atoms with E-state index in [1.54, 1.807) is 18.2 Å². The van der Waals surface area contributed by atoms with Crippen LogP contribution < -0.4 is 25.0 Å². The summed E-state index contributed by atoms with van der Waals surface area (Å²) in [6.45, 7) is 5.29. The molecule has 2 aromatic carbocycles. The second-order valence-corrected chi connectivity index (χ2v) is 8.05. The minimum absolute atomic E-state index is 0.156. The van der Waals surface area contributed by atoms with Crippen LogP contribution in [0.4, 0.5) is 11.4 Å². The van der Waals surface area contributed by atoms with E-state index in [0.29, 0.717) is 23.5 Å². The third kappa shape index (κ3) is 5.11. The third-order valence-electron chi connectivity index (χ3n) is 5.45. The van der Waals surface area contributed by atoms with Gasteiger partial charge in [-0.15, -0.1) is 0 Å². The number of hydrogen-bond donors (Lipinski definition) is 2. The predicted octanol–water partition coefficient (Wildman–Crippen LogP) is 2.99. The van der Waals surface area contributed by atoms with E-state index in [2.05, 4.69) is 15.5 Å². The SMILES string of the molecule is CCCC(=O)N1CCN(c2ccc(NC(=S)NC(=O)c3ccc4c(c3)OCO4)cc2)CC1. The fraction of sp³-hybridized carbons (Fsp3) is 0.348. The quantitative estimate of drug-likeness (QED) is 0.672. The smallest absolute Gasteiger partial charge is 0.257 e. The number of thiocarbonyl (C=S) groups is 1. The van der Waals surface area contributed by atoms with Gasteiger partial charge in [0, 0.05) is 49.5 Å². The molecule has 1 saturated heterocycles. The van der Waals surface area contributed by atoms with E-state index in [1.807, 2.05) is 36.1 Å². The van der Waals surface area contributed by atoms with Crippen LogP contribution in [0.1, 0.15) is 30.1 Å². The Morgan fingerprint density at radius 2 is 1.72 bits per heavy atom. The van der Waals surface area contributed by atoms with Gasteiger partial charge in [0.2, 0.25) is 12.7 Å². The monoisotopic (exact) mass is 454 g/mol. The number of carbonyl (C=O) groups excluding carboxylic acids is 2. The Kier molecular flexibility index (Phi) is 6.75. The molecule has 0 aliphatic carbocycles. The molecule has 32 heavy (non-hydrogen) atoms. The highest BCUT2D eigenvalue weighted by molar-refractivity contribution is 7.80. The van der Waals surface area contributed by atoms with E-state index in [4.69, 9.17) is 21.7 Å². The zero-order valence-electron chi connectivity index (χ0n) is 17.9. The average Bonchev–Trinajstić information content (AvgIpc) is 3.28. The highest BCUT2D eigenvalue weighted by Crippen LogP contribution is 2.32. The zero-order valence-corrected chi connectivity index (χ0v) is 18.7. The second-order valence-electron chi connectivity index (χ2n) is 7.64. The van der Waals surface area contributed by atoms with Crippen molar-refractivity contribution >= 4 is 40.5 Å². The van der Waals surface area contributed by atoms with Gasteiger partial charge in [0.15, 0.2) is 16.6 Å². The van der Waals surface area contributed by atoms with Gasteiger partial charge in [-0.3, -0.25) is 14.9 Å². The first-order valence-corrected chi connectivity index (χ1v) is 11.1. The van der Waals surface area contributed by atoms with Crippen LogP contribution in [-0.4, -0.2) is 54.8 Å². The van der Waals surface area contributed by atoms with Crippen molar-refractivity contribution in [2.45, 2.75) is 19.8 Å². The predicted molar refractivity (Wildman–Crippen MR) is 126 cm³/mol. The summed E-state index contributed by atoms with van der Waals surface area (Å²) in [6, 6.07) is 12.8. The molecular weight excluding hydrogens is 428 g/mol. The summed E-state index contributed by atoms with van der Waals surface area (Å²) in [5.41, 5.74) is 2.31. The first kappa shape index (κ1) is 21.9. The van der Waals surface area contributed by atoms with Gasteiger partial charge in [-0.25, -0.2) is 0 Å². The third-order valence-corrected chi connectivity index (χ3v) is 5.65. The number of rotatable bonds is 5. The van der Waals surface area contributed by atoms with E-state index < -0.39 is 0 Å². The number of amides is 2. The molecule has 9 heteroatoms. The Bertz CT molecular complexity index is 1000. The molecule has 0 aromatic heterocycles. The van der Waals surface area contributed by atoms with Crippen LogP contribution >= 0.6 is 12.2 Å². The molecular formula is C23H26N4O4S. The van der Waals surface area contributed by atoms with Crippen LogP contribution in [0.25, 0.3) is 0 Å². The lowest BCUT2D eigenvalue weighted by molar-refractivity contribution is -0.131. The lowest BCUT2D eigenvalue weighted by Crippen LogP contribution is -2.48. The molecule has 2 N–H and O–H groups in total. The first-order chi connectivity index (χ1) is 15.5. The molecule has 0 radical (unpaired) electrons. The highest BCUT2D eigenvalue weighted by atomic mass is 32.1. The first-order valence-electron chi connectivity index (χ1n) is 10.7. The lowest BCUT2D eigenvalue weighted by atomic mass is 10.2. The molecule has 0 saturated carbocycles. The van der Waals surface area contributed by atoms with Crippen LogP contribution in [0.5, 0.6) is 11.5 Å². The normalized spacial score (nSPS) is 14.8. The van der Waals surface area contributed by atoms with Gasteiger partial charge in [-0.1, -0.05) is 6.92 Å². The van der Waals surface area contributed by atoms with Crippen molar-refractivity contribution in [1.29, 1.82) is 0 Å². The van der Waals surface area contributed by atoms with Crippen LogP contribution in [0, 0.1) is 0 Å². The molecule has 8 nitrogen and oxygen atoms in total. The number of nitrogens with one attached hydrogen (secondary N) is 2. The Balaban J connectivity index is 1.28. The highest BCUT2D eigenvalue weighted by Gasteiger charge is 2.21. The van der Waals surface area contributed by atoms with Crippen molar-refractivity contribution in [1.82, 2.24) is 10.2 Å². The molecule has 1 fully saturated rings. The van der Waals surface area contributed by atoms with E-state index >= 15 is 0 Å². The molecule has 2 aromatic rings. The summed E-state index contributed by atoms with van der Waals surface area (Å²) >= 11 is 5.28. The maximum absolute atomic E-state index is 12.5. The number of nitrogens with zero attached hydrogens (tertiary/aromatic N) is 2. The van der Waals surface area contributed by atoms with Crippen molar-refractivity contribution < 1.29 is 19.1 Å². The maximum atomic E-state index is 12.5. The van der Waals surface area contributed by atoms with Crippen molar-refractivity contribution in [2.75, 3.05) is 43.2 Å². The van der Waals surface area contributed by atoms with Gasteiger partial charge in [-0.2, -0.15) is 0 Å². The lowest BCUT2D eigenvalue weighted by Gasteiger charge is -2.36. The van der Waals surface area contributed by atoms with Crippen LogP contribution in [-0.2, 0) is 4.79 Å². The van der Waals surface area contributed by atoms with Gasteiger partial charge >= 0.3 is 0 Å². The minimum atomic E-state index is -0.326. The van der Waals surface area contributed by atoms with Crippen LogP contribution in [0.2, 0.25) is 0 Å². The summed E-state index contributed by atoms with van der Waals surface area (Å²) in [5.74, 6) is 1.08. The summed E-state index contributed by atoms with van der Waals surface area (Å²) in [4.78, 5) is 28.7. The molecule has 2 aliphatic heterocycles. The van der Waals surface area contributed by atoms with Crippen LogP contribution in [0.15, 0.2) is 42.5 Å². The molecule has 2 heterocycles. The zero-order chi connectivity index (χ0) is 22.5. The average molecular weight is 455 g/mol. The van der Waals surface area contributed by atoms with Crippen molar-refractivity contribution in [3.05, 3.63) is 48.0 Å². The molecule has 2 aliphatic rings. The standard InChI is InChI=1S/C23H26N4O4S/c1-2-3-21(28)27-12-10-26(11-13-27)18-7-5-17(6-8-18)24-23(32)25-22(29)16-4-9-19-20(14-16)31-15-30-19/h4-9,14H,2-3,10-13,15H2,1H3,(H2,24,25,29,32). The minimum Gasteiger partial charge on any atom is -0.454 e. The topological polar surface area (TPSA) is 83.1 Å². The van der Waals surface area contributed by atoms with Gasteiger partial charge in [0.1, 0.15) is 0 Å². The maximum Gasteiger partial charge on any atom is 0.257 e. The Morgan fingerprint density at radius 1 is 1.00 bits per heavy atom. The van der Waals surface area contributed by atoms with Crippen molar-refractivity contribution in [3.63, 3.8) is 0 Å². The molecule has 2 amide bonds. The molecule has 0 spiro atoms. The van der Waals surface area contributed by atoms with Crippen molar-refractivity contribution in [2.24, 2.45) is 0 Å². The Hall–Kier alpha value is -3.33. The fourth-order valence-corrected chi connectivity index (χ4v) is 3.93. The molecule has 0 atom stereocenters. The number of fused-ring (bicyclic) bond motifs is 1. The van der Waals surface area contributed by atoms with E-state index in [-0.39, 0.29) is 23.7 Å². The molecule has 0 unspecified atom stereocenters. The summed E-state index contributed by atoms with van der Waals surface area (Å²) in [6.07, 6.45) is 1.50. The Labute approximate surface area is 192 Å². The number of anilines is 2.